The molecule has 1 aliphatic rings. The Bertz CT molecular complexity index is 979. The van der Waals surface area contributed by atoms with E-state index in [9.17, 15) is 4.79 Å². The lowest BCUT2D eigenvalue weighted by Crippen LogP contribution is -2.52. The van der Waals surface area contributed by atoms with Gasteiger partial charge in [0.1, 0.15) is 5.00 Å². The summed E-state index contributed by atoms with van der Waals surface area (Å²) in [6.07, 6.45) is 2.83. The summed E-state index contributed by atoms with van der Waals surface area (Å²) in [5, 5.41) is 4.57. The van der Waals surface area contributed by atoms with Crippen LogP contribution in [0.25, 0.3) is 0 Å². The number of hydrogen-bond acceptors (Lipinski definition) is 8. The number of amides is 1. The van der Waals surface area contributed by atoms with E-state index in [-0.39, 0.29) is 18.2 Å². The number of hydrogen-bond donors (Lipinski definition) is 4. The summed E-state index contributed by atoms with van der Waals surface area (Å²) in [5.74, 6) is 0.0463. The molecule has 10 heteroatoms. The Labute approximate surface area is 245 Å². The maximum atomic E-state index is 10.4. The van der Waals surface area contributed by atoms with Crippen LogP contribution in [-0.2, 0) is 9.63 Å². The van der Waals surface area contributed by atoms with Crippen LogP contribution in [0.3, 0.4) is 0 Å². The second kappa shape index (κ2) is 20.8. The molecule has 0 spiro atoms. The summed E-state index contributed by atoms with van der Waals surface area (Å²) in [5.41, 5.74) is 19.7. The number of carbonyl (C=O) groups excluding carboxylic acids is 1. The van der Waals surface area contributed by atoms with E-state index in [1.54, 1.807) is 18.4 Å². The van der Waals surface area contributed by atoms with Gasteiger partial charge in [-0.15, -0.1) is 11.3 Å². The quantitative estimate of drug-likeness (QED) is 0.220. The van der Waals surface area contributed by atoms with Crippen molar-refractivity contribution in [3.8, 4) is 0 Å². The minimum Gasteiger partial charge on any atom is -0.356 e. The van der Waals surface area contributed by atoms with Gasteiger partial charge in [-0.05, 0) is 51.3 Å². The van der Waals surface area contributed by atoms with Crippen molar-refractivity contribution in [2.75, 3.05) is 31.6 Å². The number of benzene rings is 1. The molecular formula is C29H51ClN6O2S. The largest absolute Gasteiger partial charge is 0.356 e. The van der Waals surface area contributed by atoms with Gasteiger partial charge in [0.2, 0.25) is 5.91 Å². The predicted octanol–water partition coefficient (Wildman–Crippen LogP) is 5.76. The van der Waals surface area contributed by atoms with Crippen LogP contribution in [0.15, 0.2) is 29.3 Å². The van der Waals surface area contributed by atoms with Crippen molar-refractivity contribution in [1.29, 1.82) is 0 Å². The Balaban J connectivity index is 0.000000769. The minimum absolute atomic E-state index is 0.0463. The van der Waals surface area contributed by atoms with Gasteiger partial charge in [0.05, 0.1) is 31.7 Å². The highest BCUT2D eigenvalue weighted by molar-refractivity contribution is 7.16. The standard InChI is InChI=1S/C17H21ClN4S.C8H18N2O2.2C2H6/c1-9-10(2)23-17-15(9)16(12-4-6-13(18)7-5-12)21-8-14(20)22(17)11(3)19;1-8(11)9-6-4-3-5-7-10-12-2;2*1-2/h4-7,11,14H,8,19-20H2,1-3H3;10H,3-7H2,1-2H3,(H,9,11);2*1-2H3. The zero-order chi connectivity index (χ0) is 30.0. The highest BCUT2D eigenvalue weighted by Crippen LogP contribution is 2.39. The molecule has 1 aromatic carbocycles. The van der Waals surface area contributed by atoms with Crippen molar-refractivity contribution in [3.05, 3.63) is 50.9 Å². The van der Waals surface area contributed by atoms with Crippen LogP contribution in [0.4, 0.5) is 5.00 Å². The SMILES string of the molecule is CC.CC.CONCCCCCNC(C)=O.Cc1sc2c(c1C)C(c1ccc(Cl)cc1)=NCC(N)N2C(C)N. The zero-order valence-electron chi connectivity index (χ0n) is 25.4. The molecule has 0 bridgehead atoms. The summed E-state index contributed by atoms with van der Waals surface area (Å²) in [4.78, 5) is 23.2. The van der Waals surface area contributed by atoms with E-state index in [2.05, 4.69) is 34.4 Å². The molecule has 0 saturated carbocycles. The summed E-state index contributed by atoms with van der Waals surface area (Å²) >= 11 is 7.75. The lowest BCUT2D eigenvalue weighted by Gasteiger charge is -2.31. The van der Waals surface area contributed by atoms with E-state index in [1.807, 2.05) is 58.9 Å². The number of hydroxylamine groups is 1. The van der Waals surface area contributed by atoms with Crippen molar-refractivity contribution >= 4 is 39.6 Å². The number of carbonyl (C=O) groups is 1. The van der Waals surface area contributed by atoms with Gasteiger partial charge < -0.3 is 26.5 Å². The van der Waals surface area contributed by atoms with E-state index in [4.69, 9.17) is 28.1 Å². The molecule has 0 aliphatic carbocycles. The first-order chi connectivity index (χ1) is 18.7. The first kappa shape index (κ1) is 37.0. The molecule has 2 unspecified atom stereocenters. The first-order valence-corrected chi connectivity index (χ1v) is 15.1. The normalized spacial score (nSPS) is 14.6. The fraction of sp³-hybridized carbons (Fsp3) is 0.586. The van der Waals surface area contributed by atoms with E-state index in [0.717, 1.165) is 59.2 Å². The van der Waals surface area contributed by atoms with Crippen LogP contribution in [0.1, 0.15) is 82.4 Å². The highest BCUT2D eigenvalue weighted by atomic mass is 35.5. The minimum atomic E-state index is -0.226. The van der Waals surface area contributed by atoms with Gasteiger partial charge in [0.25, 0.3) is 0 Å². The molecular weight excluding hydrogens is 532 g/mol. The van der Waals surface area contributed by atoms with Gasteiger partial charge in [-0.2, -0.15) is 0 Å². The molecule has 1 amide bonds. The second-order valence-corrected chi connectivity index (χ2v) is 10.2. The molecule has 6 N–H and O–H groups in total. The summed E-state index contributed by atoms with van der Waals surface area (Å²) in [6.45, 7) is 17.9. The Morgan fingerprint density at radius 3 is 2.28 bits per heavy atom. The van der Waals surface area contributed by atoms with E-state index in [1.165, 1.54) is 17.4 Å². The van der Waals surface area contributed by atoms with Crippen molar-refractivity contribution in [3.63, 3.8) is 0 Å². The number of aryl methyl sites for hydroxylation is 1. The average Bonchev–Trinajstić information content (AvgIpc) is 3.11. The molecule has 0 fully saturated rings. The maximum Gasteiger partial charge on any atom is 0.216 e. The van der Waals surface area contributed by atoms with Crippen molar-refractivity contribution in [1.82, 2.24) is 10.8 Å². The number of nitrogens with zero attached hydrogens (tertiary/aromatic N) is 2. The van der Waals surface area contributed by atoms with Crippen LogP contribution in [0.2, 0.25) is 5.02 Å². The number of nitrogens with one attached hydrogen (secondary N) is 2. The fourth-order valence-corrected chi connectivity index (χ4v) is 5.20. The third kappa shape index (κ3) is 12.4. The van der Waals surface area contributed by atoms with Crippen LogP contribution in [0, 0.1) is 13.8 Å². The van der Waals surface area contributed by atoms with Gasteiger partial charge in [0, 0.05) is 41.0 Å². The molecule has 8 nitrogen and oxygen atoms in total. The zero-order valence-corrected chi connectivity index (χ0v) is 26.9. The average molecular weight is 583 g/mol. The Morgan fingerprint density at radius 2 is 1.74 bits per heavy atom. The predicted molar refractivity (Wildman–Crippen MR) is 170 cm³/mol. The maximum absolute atomic E-state index is 10.4. The van der Waals surface area contributed by atoms with Gasteiger partial charge in [0.15, 0.2) is 0 Å². The van der Waals surface area contributed by atoms with E-state index >= 15 is 0 Å². The fourth-order valence-electron chi connectivity index (χ4n) is 3.77. The number of halogens is 1. The molecule has 1 aliphatic heterocycles. The topological polar surface area (TPSA) is 118 Å². The molecule has 1 aromatic heterocycles. The van der Waals surface area contributed by atoms with Gasteiger partial charge in [-0.1, -0.05) is 57.8 Å². The lowest BCUT2D eigenvalue weighted by atomic mass is 10.00. The monoisotopic (exact) mass is 582 g/mol. The summed E-state index contributed by atoms with van der Waals surface area (Å²) < 4.78 is 0. The number of rotatable bonds is 9. The first-order valence-electron chi connectivity index (χ1n) is 13.9. The number of fused-ring (bicyclic) bond motifs is 1. The molecule has 0 radical (unpaired) electrons. The highest BCUT2D eigenvalue weighted by Gasteiger charge is 2.30. The molecule has 3 rings (SSSR count). The molecule has 2 atom stereocenters. The summed E-state index contributed by atoms with van der Waals surface area (Å²) in [6, 6.07) is 7.79. The van der Waals surface area contributed by atoms with E-state index in [0.29, 0.717) is 6.54 Å². The van der Waals surface area contributed by atoms with Crippen molar-refractivity contribution in [2.45, 2.75) is 87.0 Å². The van der Waals surface area contributed by atoms with Crippen molar-refractivity contribution in [2.24, 2.45) is 16.5 Å². The van der Waals surface area contributed by atoms with E-state index < -0.39 is 0 Å². The molecule has 39 heavy (non-hydrogen) atoms. The van der Waals surface area contributed by atoms with Crippen molar-refractivity contribution < 1.29 is 9.63 Å². The third-order valence-electron chi connectivity index (χ3n) is 5.66. The van der Waals surface area contributed by atoms with Crippen LogP contribution in [0.5, 0.6) is 0 Å². The molecule has 2 aromatic rings. The summed E-state index contributed by atoms with van der Waals surface area (Å²) in [7, 11) is 1.61. The van der Waals surface area contributed by atoms with Crippen LogP contribution < -0.4 is 27.2 Å². The number of aliphatic imine (C=N–C) groups is 1. The van der Waals surface area contributed by atoms with Gasteiger partial charge >= 0.3 is 0 Å². The molecule has 222 valence electrons. The second-order valence-electron chi connectivity index (χ2n) is 8.52. The Morgan fingerprint density at radius 1 is 1.15 bits per heavy atom. The molecule has 2 heterocycles. The Hall–Kier alpha value is -2.01. The van der Waals surface area contributed by atoms with Gasteiger partial charge in [-0.3, -0.25) is 9.79 Å². The third-order valence-corrected chi connectivity index (χ3v) is 7.13. The molecule has 0 saturated heterocycles. The van der Waals surface area contributed by atoms with Crippen LogP contribution in [-0.4, -0.2) is 50.7 Å². The van der Waals surface area contributed by atoms with Crippen LogP contribution >= 0.6 is 22.9 Å². The smallest absolute Gasteiger partial charge is 0.216 e. The number of thiophene rings is 1. The number of nitrogens with two attached hydrogens (primary N) is 2. The van der Waals surface area contributed by atoms with Gasteiger partial charge in [-0.25, -0.2) is 5.48 Å². The number of unbranched alkanes of at least 4 members (excludes halogenated alkanes) is 2. The number of anilines is 1. The lowest BCUT2D eigenvalue weighted by molar-refractivity contribution is -0.118. The Kier molecular flexibility index (Phi) is 19.8.